The maximum Gasteiger partial charge on any atom is 0.122 e. The Morgan fingerprint density at radius 1 is 1.07 bits per heavy atom. The van der Waals surface area contributed by atoms with Gasteiger partial charge in [-0.05, 0) is 38.8 Å². The van der Waals surface area contributed by atoms with E-state index in [-0.39, 0.29) is 9.68 Å². The molecule has 0 spiro atoms. The fourth-order valence-corrected chi connectivity index (χ4v) is 3.96. The zero-order valence-electron chi connectivity index (χ0n) is 10.5. The van der Waals surface area contributed by atoms with E-state index in [1.807, 2.05) is 0 Å². The molecule has 0 aliphatic rings. The first-order valence-electron chi connectivity index (χ1n) is 6.18. The summed E-state index contributed by atoms with van der Waals surface area (Å²) >= 11 is 0. The highest BCUT2D eigenvalue weighted by Crippen LogP contribution is 2.04. The summed E-state index contributed by atoms with van der Waals surface area (Å²) in [6, 6.07) is 0. The molecule has 2 heteroatoms. The van der Waals surface area contributed by atoms with Gasteiger partial charge >= 0.3 is 0 Å². The predicted molar refractivity (Wildman–Crippen MR) is 69.4 cm³/mol. The number of hydrogen-bond donors (Lipinski definition) is 0. The fraction of sp³-hybridized carbons (Fsp3) is 0.833. The van der Waals surface area contributed by atoms with Crippen LogP contribution in [0.1, 0.15) is 53.4 Å². The monoisotopic (exact) mass is 213 g/mol. The average molecular weight is 213 g/mol. The van der Waals surface area contributed by atoms with Gasteiger partial charge < -0.3 is 4.57 Å². The van der Waals surface area contributed by atoms with Gasteiger partial charge in [0.25, 0.3) is 0 Å². The minimum atomic E-state index is -0.0993. The van der Waals surface area contributed by atoms with Gasteiger partial charge in [-0.2, -0.15) is 0 Å². The Morgan fingerprint density at radius 2 is 1.64 bits per heavy atom. The molecule has 0 rings (SSSR count). The van der Waals surface area contributed by atoms with Gasteiger partial charge in [-0.1, -0.05) is 39.0 Å². The molecule has 0 unspecified atom stereocenters. The molecular formula is C12H27NSi. The summed E-state index contributed by atoms with van der Waals surface area (Å²) in [5, 5.41) is 1.74. The van der Waals surface area contributed by atoms with Crippen LogP contribution in [0, 0.1) is 0 Å². The van der Waals surface area contributed by atoms with E-state index in [0.29, 0.717) is 0 Å². The van der Waals surface area contributed by atoms with Gasteiger partial charge in [-0.25, -0.2) is 0 Å². The molecule has 0 aliphatic heterocycles. The van der Waals surface area contributed by atoms with Gasteiger partial charge in [-0.15, -0.1) is 0 Å². The molecule has 1 nitrogen and oxygen atoms in total. The van der Waals surface area contributed by atoms with Gasteiger partial charge in [0.1, 0.15) is 9.68 Å². The number of nitrogens with zero attached hydrogens (tertiary/aromatic N) is 1. The second-order valence-electron chi connectivity index (χ2n) is 3.90. The SMILES string of the molecule is CCC=C(CC)[SiH2]N(CCC)CCC. The first-order chi connectivity index (χ1) is 6.78. The van der Waals surface area contributed by atoms with Crippen LogP contribution >= 0.6 is 0 Å². The maximum absolute atomic E-state index is 2.71. The summed E-state index contributed by atoms with van der Waals surface area (Å²) in [7, 11) is -0.0993. The normalized spacial score (nSPS) is 13.4. The Bertz CT molecular complexity index is 148. The van der Waals surface area contributed by atoms with Crippen LogP contribution in [0.15, 0.2) is 11.3 Å². The van der Waals surface area contributed by atoms with Crippen molar-refractivity contribution in [3.8, 4) is 0 Å². The van der Waals surface area contributed by atoms with Crippen LogP contribution in [-0.4, -0.2) is 27.3 Å². The highest BCUT2D eigenvalue weighted by Gasteiger charge is 2.04. The van der Waals surface area contributed by atoms with E-state index in [0.717, 1.165) is 0 Å². The van der Waals surface area contributed by atoms with Crippen molar-refractivity contribution >= 4 is 9.68 Å². The molecule has 0 aromatic carbocycles. The van der Waals surface area contributed by atoms with Gasteiger partial charge in [0.05, 0.1) is 0 Å². The Kier molecular flexibility index (Phi) is 9.41. The van der Waals surface area contributed by atoms with Crippen LogP contribution in [0.25, 0.3) is 0 Å². The van der Waals surface area contributed by atoms with Crippen molar-refractivity contribution in [2.24, 2.45) is 0 Å². The molecule has 0 saturated carbocycles. The zero-order valence-corrected chi connectivity index (χ0v) is 11.9. The first kappa shape index (κ1) is 13.9. The van der Waals surface area contributed by atoms with Crippen LogP contribution in [-0.2, 0) is 0 Å². The Labute approximate surface area is 92.5 Å². The molecule has 0 fully saturated rings. The quantitative estimate of drug-likeness (QED) is 0.560. The van der Waals surface area contributed by atoms with Gasteiger partial charge in [0.15, 0.2) is 0 Å². The summed E-state index contributed by atoms with van der Waals surface area (Å²) < 4.78 is 2.71. The van der Waals surface area contributed by atoms with Crippen molar-refractivity contribution in [3.63, 3.8) is 0 Å². The summed E-state index contributed by atoms with van der Waals surface area (Å²) in [5.74, 6) is 0. The van der Waals surface area contributed by atoms with E-state index < -0.39 is 0 Å². The predicted octanol–water partition coefficient (Wildman–Crippen LogP) is 2.90. The van der Waals surface area contributed by atoms with Crippen LogP contribution in [0.2, 0.25) is 0 Å². The van der Waals surface area contributed by atoms with Crippen molar-refractivity contribution in [1.82, 2.24) is 4.57 Å². The molecule has 0 aliphatic carbocycles. The van der Waals surface area contributed by atoms with Crippen molar-refractivity contribution < 1.29 is 0 Å². The first-order valence-corrected chi connectivity index (χ1v) is 7.52. The summed E-state index contributed by atoms with van der Waals surface area (Å²) in [4.78, 5) is 0. The van der Waals surface area contributed by atoms with E-state index >= 15 is 0 Å². The Morgan fingerprint density at radius 3 is 2.00 bits per heavy atom. The lowest BCUT2D eigenvalue weighted by atomic mass is 10.3. The summed E-state index contributed by atoms with van der Waals surface area (Å²) in [5.41, 5.74) is 0. The van der Waals surface area contributed by atoms with E-state index in [4.69, 9.17) is 0 Å². The van der Waals surface area contributed by atoms with Crippen LogP contribution in [0.3, 0.4) is 0 Å². The van der Waals surface area contributed by atoms with Gasteiger partial charge in [0, 0.05) is 0 Å². The summed E-state index contributed by atoms with van der Waals surface area (Å²) in [6.07, 6.45) is 7.53. The van der Waals surface area contributed by atoms with Crippen LogP contribution in [0.4, 0.5) is 0 Å². The second-order valence-corrected chi connectivity index (χ2v) is 6.02. The van der Waals surface area contributed by atoms with Crippen molar-refractivity contribution in [2.45, 2.75) is 53.4 Å². The molecule has 0 radical (unpaired) electrons. The molecular weight excluding hydrogens is 186 g/mol. The van der Waals surface area contributed by atoms with Crippen LogP contribution < -0.4 is 0 Å². The highest BCUT2D eigenvalue weighted by atomic mass is 28.2. The highest BCUT2D eigenvalue weighted by molar-refractivity contribution is 6.42. The molecule has 0 bridgehead atoms. The number of allylic oxidation sites excluding steroid dienone is 2. The molecule has 0 aromatic heterocycles. The second kappa shape index (κ2) is 9.47. The van der Waals surface area contributed by atoms with E-state index in [1.54, 1.807) is 5.20 Å². The van der Waals surface area contributed by atoms with Crippen LogP contribution in [0.5, 0.6) is 0 Å². The Balaban J connectivity index is 4.03. The lowest BCUT2D eigenvalue weighted by Crippen LogP contribution is -2.30. The largest absolute Gasteiger partial charge is 0.325 e. The summed E-state index contributed by atoms with van der Waals surface area (Å²) in [6.45, 7) is 11.7. The molecule has 84 valence electrons. The molecule has 0 saturated heterocycles. The Hall–Kier alpha value is -0.0831. The maximum atomic E-state index is 2.71. The minimum absolute atomic E-state index is 0.0993. The topological polar surface area (TPSA) is 3.24 Å². The zero-order chi connectivity index (χ0) is 10.8. The third-order valence-corrected chi connectivity index (χ3v) is 4.73. The van der Waals surface area contributed by atoms with Gasteiger partial charge in [0.2, 0.25) is 0 Å². The minimum Gasteiger partial charge on any atom is -0.325 e. The molecule has 0 N–H and O–H groups in total. The third-order valence-electron chi connectivity index (χ3n) is 2.45. The molecule has 0 amide bonds. The van der Waals surface area contributed by atoms with Crippen molar-refractivity contribution in [1.29, 1.82) is 0 Å². The van der Waals surface area contributed by atoms with E-state index in [9.17, 15) is 0 Å². The number of rotatable bonds is 8. The molecule has 0 atom stereocenters. The molecule has 0 heterocycles. The molecule has 14 heavy (non-hydrogen) atoms. The average Bonchev–Trinajstić information content (AvgIpc) is 2.18. The molecule has 0 aromatic rings. The smallest absolute Gasteiger partial charge is 0.122 e. The third kappa shape index (κ3) is 6.38. The van der Waals surface area contributed by atoms with Crippen molar-refractivity contribution in [3.05, 3.63) is 11.3 Å². The number of hydrogen-bond acceptors (Lipinski definition) is 1. The lowest BCUT2D eigenvalue weighted by molar-refractivity contribution is 0.442. The van der Waals surface area contributed by atoms with Crippen molar-refractivity contribution in [2.75, 3.05) is 13.1 Å². The van der Waals surface area contributed by atoms with E-state index in [2.05, 4.69) is 38.3 Å². The fourth-order valence-electron chi connectivity index (χ4n) is 1.80. The lowest BCUT2D eigenvalue weighted by Gasteiger charge is -2.21. The standard InChI is InChI=1S/C12H27NSi/c1-5-9-12(8-4)14-13(10-6-2)11-7-3/h9H,5-8,10-11,14H2,1-4H3. The van der Waals surface area contributed by atoms with Gasteiger partial charge in [-0.3, -0.25) is 0 Å². The van der Waals surface area contributed by atoms with E-state index in [1.165, 1.54) is 38.8 Å².